The van der Waals surface area contributed by atoms with Gasteiger partial charge in [-0.3, -0.25) is 9.59 Å². The number of nitrogens with one attached hydrogen (secondary N) is 2. The van der Waals surface area contributed by atoms with E-state index < -0.39 is 5.91 Å². The molecule has 23 heavy (non-hydrogen) atoms. The first-order valence-corrected chi connectivity index (χ1v) is 7.08. The van der Waals surface area contributed by atoms with Gasteiger partial charge in [0.05, 0.1) is 5.56 Å². The Morgan fingerprint density at radius 2 is 2.00 bits per heavy atom. The minimum atomic E-state index is -0.553. The second-order valence-corrected chi connectivity index (χ2v) is 5.02. The van der Waals surface area contributed by atoms with Crippen LogP contribution >= 0.6 is 12.4 Å². The number of aryl methyl sites for hydroxylation is 1. The molecule has 0 aliphatic heterocycles. The van der Waals surface area contributed by atoms with E-state index in [-0.39, 0.29) is 18.3 Å². The summed E-state index contributed by atoms with van der Waals surface area (Å²) in [6, 6.07) is 9.11. The first kappa shape index (κ1) is 18.7. The SMILES string of the molecule is CCNCc1cccc(NC(=O)c2cc(C(N)=O)cn2C)c1.Cl. The molecule has 0 bridgehead atoms. The molecule has 2 aromatic rings. The summed E-state index contributed by atoms with van der Waals surface area (Å²) < 4.78 is 1.58. The Bertz CT molecular complexity index is 697. The summed E-state index contributed by atoms with van der Waals surface area (Å²) in [6.45, 7) is 3.67. The zero-order valence-corrected chi connectivity index (χ0v) is 13.9. The molecule has 0 spiro atoms. The van der Waals surface area contributed by atoms with Gasteiger partial charge < -0.3 is 20.9 Å². The van der Waals surface area contributed by atoms with Crippen molar-refractivity contribution < 1.29 is 9.59 Å². The van der Waals surface area contributed by atoms with Crippen LogP contribution in [0.25, 0.3) is 0 Å². The van der Waals surface area contributed by atoms with Crippen molar-refractivity contribution >= 4 is 29.9 Å². The molecule has 0 aliphatic carbocycles. The molecular weight excluding hydrogens is 316 g/mol. The second-order valence-electron chi connectivity index (χ2n) is 5.02. The number of hydrogen-bond acceptors (Lipinski definition) is 3. The molecule has 0 saturated carbocycles. The number of rotatable bonds is 6. The van der Waals surface area contributed by atoms with Gasteiger partial charge in [-0.05, 0) is 30.3 Å². The van der Waals surface area contributed by atoms with E-state index in [1.54, 1.807) is 17.8 Å². The highest BCUT2D eigenvalue weighted by Gasteiger charge is 2.14. The van der Waals surface area contributed by atoms with Crippen LogP contribution in [0.1, 0.15) is 33.3 Å². The maximum Gasteiger partial charge on any atom is 0.272 e. The molecule has 0 atom stereocenters. The number of carbonyl (C=O) groups is 2. The van der Waals surface area contributed by atoms with E-state index in [4.69, 9.17) is 5.73 Å². The number of halogens is 1. The van der Waals surface area contributed by atoms with Crippen LogP contribution in [0.5, 0.6) is 0 Å². The molecule has 1 heterocycles. The molecule has 0 saturated heterocycles. The number of hydrogen-bond donors (Lipinski definition) is 3. The Kier molecular flexibility index (Phi) is 6.81. The zero-order chi connectivity index (χ0) is 16.1. The van der Waals surface area contributed by atoms with Crippen molar-refractivity contribution in [3.8, 4) is 0 Å². The minimum Gasteiger partial charge on any atom is -0.366 e. The molecule has 6 nitrogen and oxygen atoms in total. The van der Waals surface area contributed by atoms with E-state index in [9.17, 15) is 9.59 Å². The molecule has 4 N–H and O–H groups in total. The largest absolute Gasteiger partial charge is 0.366 e. The van der Waals surface area contributed by atoms with Crippen LogP contribution in [-0.2, 0) is 13.6 Å². The van der Waals surface area contributed by atoms with Crippen LogP contribution in [0, 0.1) is 0 Å². The molecule has 1 aromatic carbocycles. The van der Waals surface area contributed by atoms with Crippen LogP contribution in [0.15, 0.2) is 36.5 Å². The highest BCUT2D eigenvalue weighted by molar-refractivity contribution is 6.05. The summed E-state index contributed by atoms with van der Waals surface area (Å²) in [4.78, 5) is 23.5. The molecule has 2 rings (SSSR count). The average Bonchev–Trinajstić information content (AvgIpc) is 2.88. The lowest BCUT2D eigenvalue weighted by Gasteiger charge is -2.08. The summed E-state index contributed by atoms with van der Waals surface area (Å²) in [7, 11) is 1.70. The van der Waals surface area contributed by atoms with Gasteiger partial charge in [0.1, 0.15) is 5.69 Å². The van der Waals surface area contributed by atoms with Crippen molar-refractivity contribution in [3.05, 3.63) is 53.3 Å². The Morgan fingerprint density at radius 3 is 2.61 bits per heavy atom. The number of amides is 2. The van der Waals surface area contributed by atoms with Crippen LogP contribution in [0.3, 0.4) is 0 Å². The normalized spacial score (nSPS) is 10.0. The average molecular weight is 337 g/mol. The molecule has 0 fully saturated rings. The maximum absolute atomic E-state index is 12.3. The molecule has 0 unspecified atom stereocenters. The summed E-state index contributed by atoms with van der Waals surface area (Å²) in [5, 5.41) is 6.06. The number of primary amides is 1. The highest BCUT2D eigenvalue weighted by atomic mass is 35.5. The third-order valence-corrected chi connectivity index (χ3v) is 3.29. The van der Waals surface area contributed by atoms with Crippen molar-refractivity contribution in [1.29, 1.82) is 0 Å². The third kappa shape index (κ3) is 4.84. The summed E-state index contributed by atoms with van der Waals surface area (Å²) in [5.74, 6) is -0.835. The van der Waals surface area contributed by atoms with Crippen LogP contribution in [-0.4, -0.2) is 22.9 Å². The molecule has 0 aliphatic rings. The predicted octanol–water partition coefficient (Wildman–Crippen LogP) is 1.91. The molecule has 7 heteroatoms. The number of nitrogens with zero attached hydrogens (tertiary/aromatic N) is 1. The van der Waals surface area contributed by atoms with Crippen molar-refractivity contribution in [1.82, 2.24) is 9.88 Å². The zero-order valence-electron chi connectivity index (χ0n) is 13.1. The highest BCUT2D eigenvalue weighted by Crippen LogP contribution is 2.14. The van der Waals surface area contributed by atoms with Gasteiger partial charge in [-0.15, -0.1) is 12.4 Å². The van der Waals surface area contributed by atoms with E-state index in [0.29, 0.717) is 16.9 Å². The van der Waals surface area contributed by atoms with Gasteiger partial charge in [0.15, 0.2) is 0 Å². The van der Waals surface area contributed by atoms with Gasteiger partial charge in [-0.2, -0.15) is 0 Å². The lowest BCUT2D eigenvalue weighted by molar-refractivity contribution is 0.0998. The van der Waals surface area contributed by atoms with Gasteiger partial charge in [0, 0.05) is 25.5 Å². The molecular formula is C16H21ClN4O2. The van der Waals surface area contributed by atoms with Crippen molar-refractivity contribution in [2.24, 2.45) is 12.8 Å². The van der Waals surface area contributed by atoms with Crippen LogP contribution in [0.2, 0.25) is 0 Å². The van der Waals surface area contributed by atoms with Crippen molar-refractivity contribution in [2.75, 3.05) is 11.9 Å². The van der Waals surface area contributed by atoms with Crippen LogP contribution < -0.4 is 16.4 Å². The first-order chi connectivity index (χ1) is 10.5. The maximum atomic E-state index is 12.3. The number of aromatic nitrogens is 1. The van der Waals surface area contributed by atoms with Gasteiger partial charge in [0.2, 0.25) is 5.91 Å². The fraction of sp³-hybridized carbons (Fsp3) is 0.250. The topological polar surface area (TPSA) is 89.2 Å². The summed E-state index contributed by atoms with van der Waals surface area (Å²) >= 11 is 0. The number of anilines is 1. The van der Waals surface area contributed by atoms with Gasteiger partial charge in [-0.25, -0.2) is 0 Å². The van der Waals surface area contributed by atoms with Crippen LogP contribution in [0.4, 0.5) is 5.69 Å². The van der Waals surface area contributed by atoms with E-state index >= 15 is 0 Å². The monoisotopic (exact) mass is 336 g/mol. The second kappa shape index (κ2) is 8.36. The fourth-order valence-electron chi connectivity index (χ4n) is 2.15. The molecule has 1 aromatic heterocycles. The molecule has 0 radical (unpaired) electrons. The standard InChI is InChI=1S/C16H20N4O2.ClH/c1-3-18-9-11-5-4-6-13(7-11)19-16(22)14-8-12(15(17)21)10-20(14)2;/h4-8,10,18H,3,9H2,1-2H3,(H2,17,21)(H,19,22);1H. The van der Waals surface area contributed by atoms with Gasteiger partial charge in [0.25, 0.3) is 5.91 Å². The fourth-order valence-corrected chi connectivity index (χ4v) is 2.15. The van der Waals surface area contributed by atoms with Gasteiger partial charge in [-0.1, -0.05) is 19.1 Å². The first-order valence-electron chi connectivity index (χ1n) is 7.08. The smallest absolute Gasteiger partial charge is 0.272 e. The van der Waals surface area contributed by atoms with Gasteiger partial charge >= 0.3 is 0 Å². The van der Waals surface area contributed by atoms with E-state index in [1.165, 1.54) is 6.07 Å². The Labute approximate surface area is 141 Å². The molecule has 124 valence electrons. The lowest BCUT2D eigenvalue weighted by atomic mass is 10.2. The number of benzene rings is 1. The van der Waals surface area contributed by atoms with E-state index in [0.717, 1.165) is 18.7 Å². The Balaban J connectivity index is 0.00000264. The lowest BCUT2D eigenvalue weighted by Crippen LogP contribution is -2.16. The summed E-state index contributed by atoms with van der Waals surface area (Å²) in [5.41, 5.74) is 7.72. The third-order valence-electron chi connectivity index (χ3n) is 3.29. The van der Waals surface area contributed by atoms with Crippen molar-refractivity contribution in [2.45, 2.75) is 13.5 Å². The Hall–Kier alpha value is -2.31. The Morgan fingerprint density at radius 1 is 1.26 bits per heavy atom. The predicted molar refractivity (Wildman–Crippen MR) is 93.0 cm³/mol. The van der Waals surface area contributed by atoms with E-state index in [2.05, 4.69) is 10.6 Å². The molecule has 2 amide bonds. The number of nitrogens with two attached hydrogens (primary N) is 1. The number of carbonyl (C=O) groups excluding carboxylic acids is 2. The van der Waals surface area contributed by atoms with Crippen molar-refractivity contribution in [3.63, 3.8) is 0 Å². The minimum absolute atomic E-state index is 0. The quantitative estimate of drug-likeness (QED) is 0.752. The summed E-state index contributed by atoms with van der Waals surface area (Å²) in [6.07, 6.45) is 1.54. The van der Waals surface area contributed by atoms with E-state index in [1.807, 2.05) is 31.2 Å².